The van der Waals surface area contributed by atoms with Gasteiger partial charge >= 0.3 is 12.0 Å². The van der Waals surface area contributed by atoms with Gasteiger partial charge in [-0.05, 0) is 42.0 Å². The van der Waals surface area contributed by atoms with Crippen LogP contribution in [0.5, 0.6) is 0 Å². The van der Waals surface area contributed by atoms with Gasteiger partial charge in [-0.2, -0.15) is 9.97 Å². The van der Waals surface area contributed by atoms with E-state index in [2.05, 4.69) is 18.7 Å². The van der Waals surface area contributed by atoms with Crippen molar-refractivity contribution in [1.29, 1.82) is 0 Å². The minimum Gasteiger partial charge on any atom is -0.423 e. The van der Waals surface area contributed by atoms with E-state index < -0.39 is 0 Å². The number of hydrogen-bond acceptors (Lipinski definition) is 6. The average Bonchev–Trinajstić information content (AvgIpc) is 3.63. The second-order valence-corrected chi connectivity index (χ2v) is 10.3. The van der Waals surface area contributed by atoms with Crippen molar-refractivity contribution in [2.75, 3.05) is 4.90 Å². The molecule has 0 amide bonds. The molecular weight excluding hydrogens is 524 g/mol. The quantitative estimate of drug-likeness (QED) is 0.204. The molecule has 5 aromatic carbocycles. The van der Waals surface area contributed by atoms with Crippen LogP contribution in [-0.4, -0.2) is 14.5 Å². The highest BCUT2D eigenvalue weighted by Gasteiger charge is 2.29. The lowest BCUT2D eigenvalue weighted by atomic mass is 9.92. The summed E-state index contributed by atoms with van der Waals surface area (Å²) >= 11 is 0. The molecular formula is C35H20N4O3. The number of benzene rings is 5. The van der Waals surface area contributed by atoms with Gasteiger partial charge in [0.2, 0.25) is 0 Å². The second kappa shape index (κ2) is 8.28. The summed E-state index contributed by atoms with van der Waals surface area (Å²) in [6.45, 7) is 4.36. The van der Waals surface area contributed by atoms with Gasteiger partial charge in [0.25, 0.3) is 0 Å². The zero-order valence-electron chi connectivity index (χ0n) is 22.1. The highest BCUT2D eigenvalue weighted by Crippen LogP contribution is 2.48. The Bertz CT molecular complexity index is 2320. The predicted molar refractivity (Wildman–Crippen MR) is 165 cm³/mol. The molecule has 0 atom stereocenters. The van der Waals surface area contributed by atoms with Crippen molar-refractivity contribution in [3.63, 3.8) is 0 Å². The molecule has 0 saturated carbocycles. The van der Waals surface area contributed by atoms with E-state index in [9.17, 15) is 4.79 Å². The van der Waals surface area contributed by atoms with E-state index in [4.69, 9.17) is 18.8 Å². The Hall–Kier alpha value is -5.95. The minimum atomic E-state index is -0.0211. The van der Waals surface area contributed by atoms with Crippen LogP contribution in [0.25, 0.3) is 55.6 Å². The van der Waals surface area contributed by atoms with Gasteiger partial charge in [-0.25, -0.2) is 0 Å². The van der Waals surface area contributed by atoms with Gasteiger partial charge in [-0.1, -0.05) is 67.2 Å². The Balaban J connectivity index is 1.23. The topological polar surface area (TPSA) is 77.3 Å². The molecule has 0 spiro atoms. The summed E-state index contributed by atoms with van der Waals surface area (Å²) in [4.78, 5) is 25.0. The summed E-state index contributed by atoms with van der Waals surface area (Å²) in [5.74, 6) is 0. The van der Waals surface area contributed by atoms with Crippen molar-refractivity contribution in [3.05, 3.63) is 137 Å². The van der Waals surface area contributed by atoms with Crippen LogP contribution in [0.1, 0.15) is 11.1 Å². The van der Waals surface area contributed by atoms with Crippen LogP contribution in [0, 0.1) is 0 Å². The van der Waals surface area contributed by atoms with Crippen molar-refractivity contribution in [2.45, 2.75) is 0 Å². The summed E-state index contributed by atoms with van der Waals surface area (Å²) in [5, 5.41) is 1.20. The minimum absolute atomic E-state index is 0.0211. The molecule has 8 aromatic rings. The number of rotatable bonds is 2. The number of anilines is 3. The molecule has 0 aliphatic carbocycles. The Morgan fingerprint density at radius 2 is 1.07 bits per heavy atom. The fraction of sp³-hybridized carbons (Fsp3) is 0. The summed E-state index contributed by atoms with van der Waals surface area (Å²) < 4.78 is 14.6. The number of pyridine rings is 1. The highest BCUT2D eigenvalue weighted by atomic mass is 16.4. The number of nitrogens with zero attached hydrogens (tertiary/aromatic N) is 4. The maximum atomic E-state index is 13.2. The first kappa shape index (κ1) is 22.8. The molecule has 198 valence electrons. The molecule has 7 heteroatoms. The third kappa shape index (κ3) is 3.07. The van der Waals surface area contributed by atoms with Crippen LogP contribution in [0.3, 0.4) is 0 Å². The molecule has 7 nitrogen and oxygen atoms in total. The molecule has 0 fully saturated rings. The lowest BCUT2D eigenvalue weighted by Gasteiger charge is -2.31. The fourth-order valence-electron chi connectivity index (χ4n) is 6.05. The Morgan fingerprint density at radius 3 is 1.67 bits per heavy atom. The first-order valence-corrected chi connectivity index (χ1v) is 13.6. The fourth-order valence-corrected chi connectivity index (χ4v) is 6.05. The highest BCUT2D eigenvalue weighted by molar-refractivity contribution is 6.00. The van der Waals surface area contributed by atoms with E-state index in [0.29, 0.717) is 45.0 Å². The zero-order valence-corrected chi connectivity index (χ0v) is 22.1. The molecule has 1 aliphatic rings. The van der Waals surface area contributed by atoms with E-state index in [1.807, 2.05) is 107 Å². The molecule has 0 radical (unpaired) electrons. The van der Waals surface area contributed by atoms with Gasteiger partial charge < -0.3 is 8.83 Å². The summed E-state index contributed by atoms with van der Waals surface area (Å²) in [5.41, 5.74) is 8.78. The molecule has 0 N–H and O–H groups in total. The van der Waals surface area contributed by atoms with Crippen molar-refractivity contribution in [3.8, 4) is 6.01 Å². The van der Waals surface area contributed by atoms with Crippen molar-refractivity contribution < 1.29 is 8.83 Å². The van der Waals surface area contributed by atoms with Crippen molar-refractivity contribution in [2.24, 2.45) is 0 Å². The third-order valence-electron chi connectivity index (χ3n) is 7.98. The summed E-state index contributed by atoms with van der Waals surface area (Å²) in [6, 6.07) is 35.7. The van der Waals surface area contributed by atoms with E-state index in [1.165, 1.54) is 0 Å². The molecule has 4 heterocycles. The smallest absolute Gasteiger partial charge is 0.307 e. The third-order valence-corrected chi connectivity index (χ3v) is 7.98. The zero-order chi connectivity index (χ0) is 27.9. The SMILES string of the molecule is C=C1c2ccccc2N(c2nc3cc4oc(-n5c6ccccc6c(=O)c6ccccc65)nc4cc3o2)c2ccccc21. The maximum absolute atomic E-state index is 13.2. The van der Waals surface area contributed by atoms with Crippen LogP contribution in [0.2, 0.25) is 0 Å². The average molecular weight is 545 g/mol. The lowest BCUT2D eigenvalue weighted by molar-refractivity contribution is 0.574. The molecule has 9 rings (SSSR count). The number of fused-ring (bicyclic) bond motifs is 6. The molecule has 1 aliphatic heterocycles. The van der Waals surface area contributed by atoms with Crippen LogP contribution < -0.4 is 10.3 Å². The van der Waals surface area contributed by atoms with Gasteiger partial charge in [0, 0.05) is 34.0 Å². The lowest BCUT2D eigenvalue weighted by Crippen LogP contribution is -2.17. The summed E-state index contributed by atoms with van der Waals surface area (Å²) in [7, 11) is 0. The van der Waals surface area contributed by atoms with Crippen LogP contribution in [-0.2, 0) is 0 Å². The molecule has 0 unspecified atom stereocenters. The van der Waals surface area contributed by atoms with Gasteiger partial charge in [-0.15, -0.1) is 0 Å². The number of hydrogen-bond donors (Lipinski definition) is 0. The van der Waals surface area contributed by atoms with Crippen molar-refractivity contribution in [1.82, 2.24) is 14.5 Å². The molecule has 0 bridgehead atoms. The monoisotopic (exact) mass is 544 g/mol. The number of para-hydroxylation sites is 4. The summed E-state index contributed by atoms with van der Waals surface area (Å²) in [6.07, 6.45) is 0. The predicted octanol–water partition coefficient (Wildman–Crippen LogP) is 8.27. The van der Waals surface area contributed by atoms with Gasteiger partial charge in [0.15, 0.2) is 16.6 Å². The Kier molecular flexibility index (Phi) is 4.50. The Morgan fingerprint density at radius 1 is 0.595 bits per heavy atom. The van der Waals surface area contributed by atoms with E-state index in [1.54, 1.807) is 0 Å². The van der Waals surface area contributed by atoms with Crippen molar-refractivity contribution >= 4 is 67.0 Å². The largest absolute Gasteiger partial charge is 0.423 e. The second-order valence-electron chi connectivity index (χ2n) is 10.3. The molecule has 42 heavy (non-hydrogen) atoms. The number of aromatic nitrogens is 3. The van der Waals surface area contributed by atoms with Crippen LogP contribution in [0.4, 0.5) is 17.4 Å². The standard InChI is InChI=1S/C35H20N4O3/c1-20-21-10-2-6-14-27(21)38(28-15-7-3-11-22(20)28)34-36-25-18-32-26(19-31(25)41-34)37-35(42-32)39-29-16-8-4-12-23(29)33(40)24-13-5-9-17-30(24)39/h2-19H,1H2. The van der Waals surface area contributed by atoms with E-state index >= 15 is 0 Å². The maximum Gasteiger partial charge on any atom is 0.307 e. The first-order valence-electron chi connectivity index (χ1n) is 13.6. The molecule has 0 saturated heterocycles. The number of oxazole rings is 2. The van der Waals surface area contributed by atoms with Crippen LogP contribution in [0.15, 0.2) is 129 Å². The Labute approximate surface area is 238 Å². The van der Waals surface area contributed by atoms with Gasteiger partial charge in [0.05, 0.1) is 22.4 Å². The van der Waals surface area contributed by atoms with E-state index in [0.717, 1.165) is 39.1 Å². The van der Waals surface area contributed by atoms with Crippen LogP contribution >= 0.6 is 0 Å². The van der Waals surface area contributed by atoms with Gasteiger partial charge in [0.1, 0.15) is 11.0 Å². The van der Waals surface area contributed by atoms with E-state index in [-0.39, 0.29) is 5.43 Å². The van der Waals surface area contributed by atoms with Gasteiger partial charge in [-0.3, -0.25) is 14.3 Å². The normalized spacial score (nSPS) is 12.9. The first-order chi connectivity index (χ1) is 20.7. The molecule has 3 aromatic heterocycles.